The Labute approximate surface area is 94.7 Å². The third-order valence-corrected chi connectivity index (χ3v) is 2.15. The Balaban J connectivity index is 2.62. The molecule has 5 heteroatoms. The van der Waals surface area contributed by atoms with Crippen molar-refractivity contribution in [1.29, 1.82) is 0 Å². The van der Waals surface area contributed by atoms with E-state index in [1.165, 1.54) is 10.8 Å². The normalized spacial score (nSPS) is 13.1. The first-order valence-corrected chi connectivity index (χ1v) is 5.32. The molecule has 1 N–H and O–H groups in total. The smallest absolute Gasteiger partial charge is 0.269 e. The van der Waals surface area contributed by atoms with Gasteiger partial charge in [0.25, 0.3) is 5.56 Å². The van der Waals surface area contributed by atoms with Gasteiger partial charge in [0.2, 0.25) is 0 Å². The van der Waals surface area contributed by atoms with Crippen LogP contribution >= 0.6 is 0 Å². The first-order valence-electron chi connectivity index (χ1n) is 5.32. The van der Waals surface area contributed by atoms with E-state index in [1.807, 2.05) is 13.8 Å². The van der Waals surface area contributed by atoms with Crippen LogP contribution in [0, 0.1) is 6.92 Å². The molecule has 0 radical (unpaired) electrons. The predicted octanol–water partition coefficient (Wildman–Crippen LogP) is 0.338. The molecule has 1 rings (SSSR count). The highest BCUT2D eigenvalue weighted by molar-refractivity contribution is 4.95. The molecule has 1 heterocycles. The lowest BCUT2D eigenvalue weighted by molar-refractivity contribution is -0.00130. The van der Waals surface area contributed by atoms with Gasteiger partial charge < -0.3 is 14.4 Å². The molecule has 1 atom stereocenters. The zero-order chi connectivity index (χ0) is 12.1. The molecule has 0 saturated heterocycles. The second-order valence-corrected chi connectivity index (χ2v) is 4.03. The second kappa shape index (κ2) is 5.77. The number of rotatable bonds is 5. The summed E-state index contributed by atoms with van der Waals surface area (Å²) < 4.78 is 6.76. The lowest BCUT2D eigenvalue weighted by Crippen LogP contribution is -2.31. The molecule has 0 aliphatic carbocycles. The van der Waals surface area contributed by atoms with Crippen molar-refractivity contribution >= 4 is 0 Å². The highest BCUT2D eigenvalue weighted by Gasteiger charge is 2.09. The van der Waals surface area contributed by atoms with Crippen molar-refractivity contribution < 1.29 is 9.84 Å². The molecule has 1 aromatic heterocycles. The fourth-order valence-corrected chi connectivity index (χ4v) is 1.32. The standard InChI is InChI=1S/C11H18N2O3/c1-8(2)16-7-10(14)6-13-9(3)4-12-5-11(13)15/h4-5,8,10,14H,6-7H2,1-3H3. The Morgan fingerprint density at radius 2 is 2.19 bits per heavy atom. The van der Waals surface area contributed by atoms with Crippen LogP contribution in [-0.2, 0) is 11.3 Å². The first kappa shape index (κ1) is 12.9. The quantitative estimate of drug-likeness (QED) is 0.786. The fourth-order valence-electron chi connectivity index (χ4n) is 1.32. The van der Waals surface area contributed by atoms with E-state index in [2.05, 4.69) is 4.98 Å². The zero-order valence-corrected chi connectivity index (χ0v) is 9.88. The van der Waals surface area contributed by atoms with Gasteiger partial charge in [-0.2, -0.15) is 0 Å². The molecule has 0 saturated carbocycles. The number of aliphatic hydroxyl groups excluding tert-OH is 1. The van der Waals surface area contributed by atoms with E-state index < -0.39 is 6.10 Å². The Kier molecular flexibility index (Phi) is 4.64. The van der Waals surface area contributed by atoms with Crippen LogP contribution in [-0.4, -0.2) is 33.5 Å². The summed E-state index contributed by atoms with van der Waals surface area (Å²) in [5.41, 5.74) is 0.527. The number of aryl methyl sites for hydroxylation is 1. The van der Waals surface area contributed by atoms with E-state index in [9.17, 15) is 9.90 Å². The molecular weight excluding hydrogens is 208 g/mol. The first-order chi connectivity index (χ1) is 7.50. The average Bonchev–Trinajstić information content (AvgIpc) is 2.21. The van der Waals surface area contributed by atoms with Crippen molar-refractivity contribution in [3.05, 3.63) is 28.4 Å². The van der Waals surface area contributed by atoms with E-state index in [1.54, 1.807) is 13.1 Å². The number of nitrogens with zero attached hydrogens (tertiary/aromatic N) is 2. The van der Waals surface area contributed by atoms with Crippen LogP contribution in [0.2, 0.25) is 0 Å². The molecule has 0 spiro atoms. The minimum atomic E-state index is -0.679. The van der Waals surface area contributed by atoms with Gasteiger partial charge in [-0.15, -0.1) is 0 Å². The van der Waals surface area contributed by atoms with Crippen LogP contribution in [0.4, 0.5) is 0 Å². The molecule has 1 unspecified atom stereocenters. The summed E-state index contributed by atoms with van der Waals surface area (Å²) in [7, 11) is 0. The lowest BCUT2D eigenvalue weighted by Gasteiger charge is -2.16. The molecule has 0 bridgehead atoms. The van der Waals surface area contributed by atoms with Gasteiger partial charge in [0.05, 0.1) is 31.6 Å². The molecule has 0 amide bonds. The fraction of sp³-hybridized carbons (Fsp3) is 0.636. The molecule has 0 aliphatic heterocycles. The summed E-state index contributed by atoms with van der Waals surface area (Å²) in [6, 6.07) is 0. The maximum absolute atomic E-state index is 11.5. The summed E-state index contributed by atoms with van der Waals surface area (Å²) in [5, 5.41) is 9.70. The van der Waals surface area contributed by atoms with E-state index in [-0.39, 0.29) is 24.8 Å². The van der Waals surface area contributed by atoms with Crippen LogP contribution in [0.15, 0.2) is 17.2 Å². The van der Waals surface area contributed by atoms with Crippen molar-refractivity contribution in [2.45, 2.75) is 39.5 Å². The number of hydrogen-bond donors (Lipinski definition) is 1. The van der Waals surface area contributed by atoms with E-state index in [0.717, 1.165) is 5.69 Å². The van der Waals surface area contributed by atoms with Gasteiger partial charge in [0.1, 0.15) is 0 Å². The van der Waals surface area contributed by atoms with Gasteiger partial charge in [0.15, 0.2) is 0 Å². The number of aromatic nitrogens is 2. The molecule has 1 aromatic rings. The highest BCUT2D eigenvalue weighted by Crippen LogP contribution is 1.97. The van der Waals surface area contributed by atoms with Gasteiger partial charge >= 0.3 is 0 Å². The topological polar surface area (TPSA) is 64.4 Å². The largest absolute Gasteiger partial charge is 0.389 e. The van der Waals surface area contributed by atoms with Gasteiger partial charge in [-0.1, -0.05) is 0 Å². The van der Waals surface area contributed by atoms with Crippen molar-refractivity contribution in [2.75, 3.05) is 6.61 Å². The molecule has 0 aromatic carbocycles. The summed E-state index contributed by atoms with van der Waals surface area (Å²) >= 11 is 0. The minimum Gasteiger partial charge on any atom is -0.389 e. The lowest BCUT2D eigenvalue weighted by atomic mass is 10.3. The highest BCUT2D eigenvalue weighted by atomic mass is 16.5. The van der Waals surface area contributed by atoms with Crippen molar-refractivity contribution in [1.82, 2.24) is 9.55 Å². The summed E-state index contributed by atoms with van der Waals surface area (Å²) in [6.07, 6.45) is 2.23. The van der Waals surface area contributed by atoms with Gasteiger partial charge in [-0.3, -0.25) is 9.78 Å². The maximum atomic E-state index is 11.5. The van der Waals surface area contributed by atoms with E-state index in [0.29, 0.717) is 0 Å². The van der Waals surface area contributed by atoms with Crippen molar-refractivity contribution in [3.63, 3.8) is 0 Å². The molecular formula is C11H18N2O3. The van der Waals surface area contributed by atoms with Crippen LogP contribution < -0.4 is 5.56 Å². The van der Waals surface area contributed by atoms with Crippen LogP contribution in [0.3, 0.4) is 0 Å². The maximum Gasteiger partial charge on any atom is 0.269 e. The Bertz CT molecular complexity index is 387. The molecule has 0 fully saturated rings. The number of hydrogen-bond acceptors (Lipinski definition) is 4. The summed E-state index contributed by atoms with van der Waals surface area (Å²) in [5.74, 6) is 0. The van der Waals surface area contributed by atoms with E-state index in [4.69, 9.17) is 4.74 Å². The van der Waals surface area contributed by atoms with Crippen molar-refractivity contribution in [3.8, 4) is 0 Å². The van der Waals surface area contributed by atoms with Crippen LogP contribution in [0.5, 0.6) is 0 Å². The Morgan fingerprint density at radius 1 is 1.50 bits per heavy atom. The van der Waals surface area contributed by atoms with Crippen LogP contribution in [0.1, 0.15) is 19.5 Å². The minimum absolute atomic E-state index is 0.0740. The third kappa shape index (κ3) is 3.75. The predicted molar refractivity (Wildman–Crippen MR) is 60.3 cm³/mol. The average molecular weight is 226 g/mol. The zero-order valence-electron chi connectivity index (χ0n) is 9.88. The second-order valence-electron chi connectivity index (χ2n) is 4.03. The number of ether oxygens (including phenoxy) is 1. The van der Waals surface area contributed by atoms with E-state index >= 15 is 0 Å². The van der Waals surface area contributed by atoms with Crippen molar-refractivity contribution in [2.24, 2.45) is 0 Å². The number of aliphatic hydroxyl groups is 1. The van der Waals surface area contributed by atoms with Gasteiger partial charge in [0, 0.05) is 11.9 Å². The Hall–Kier alpha value is -1.20. The summed E-state index contributed by atoms with van der Waals surface area (Å²) in [4.78, 5) is 15.2. The monoisotopic (exact) mass is 226 g/mol. The SMILES string of the molecule is Cc1cncc(=O)n1CC(O)COC(C)C. The molecule has 90 valence electrons. The van der Waals surface area contributed by atoms with Crippen LogP contribution in [0.25, 0.3) is 0 Å². The van der Waals surface area contributed by atoms with Gasteiger partial charge in [-0.25, -0.2) is 0 Å². The van der Waals surface area contributed by atoms with Gasteiger partial charge in [-0.05, 0) is 20.8 Å². The summed E-state index contributed by atoms with van der Waals surface area (Å²) in [6.45, 7) is 6.04. The molecule has 0 aliphatic rings. The Morgan fingerprint density at radius 3 is 2.75 bits per heavy atom. The molecule has 5 nitrogen and oxygen atoms in total. The molecule has 16 heavy (non-hydrogen) atoms. The third-order valence-electron chi connectivity index (χ3n) is 2.15.